The molecule has 0 unspecified atom stereocenters. The molecule has 140 valence electrons. The Morgan fingerprint density at radius 1 is 1.21 bits per heavy atom. The molecule has 0 fully saturated rings. The van der Waals surface area contributed by atoms with Gasteiger partial charge in [-0.3, -0.25) is 4.79 Å². The first kappa shape index (κ1) is 17.5. The summed E-state index contributed by atoms with van der Waals surface area (Å²) in [5.41, 5.74) is 10.3. The van der Waals surface area contributed by atoms with Crippen LogP contribution in [-0.4, -0.2) is 36.9 Å². The SMILES string of the molecule is C/C(=N/NC(=O)c1nnn(-c2nonc2N)c1-c1cccs1)c1ccccc1. The van der Waals surface area contributed by atoms with Gasteiger partial charge in [0.15, 0.2) is 5.69 Å². The van der Waals surface area contributed by atoms with Crippen LogP contribution in [0.4, 0.5) is 5.82 Å². The van der Waals surface area contributed by atoms with Crippen LogP contribution in [0, 0.1) is 0 Å². The molecule has 4 aromatic rings. The Hall–Kier alpha value is -3.86. The summed E-state index contributed by atoms with van der Waals surface area (Å²) in [6.45, 7) is 1.80. The molecule has 0 radical (unpaired) electrons. The molecule has 10 nitrogen and oxygen atoms in total. The van der Waals surface area contributed by atoms with E-state index in [-0.39, 0.29) is 17.3 Å². The van der Waals surface area contributed by atoms with E-state index in [9.17, 15) is 4.79 Å². The molecule has 0 atom stereocenters. The van der Waals surface area contributed by atoms with Gasteiger partial charge in [0.1, 0.15) is 5.69 Å². The van der Waals surface area contributed by atoms with E-state index >= 15 is 0 Å². The number of aromatic nitrogens is 5. The second-order valence-corrected chi connectivity index (χ2v) is 6.60. The molecule has 3 N–H and O–H groups in total. The largest absolute Gasteiger partial charge is 0.378 e. The maximum absolute atomic E-state index is 12.7. The van der Waals surface area contributed by atoms with Gasteiger partial charge in [0, 0.05) is 0 Å². The number of nitrogens with zero attached hydrogens (tertiary/aromatic N) is 6. The van der Waals surface area contributed by atoms with Crippen molar-refractivity contribution in [3.63, 3.8) is 0 Å². The first-order chi connectivity index (χ1) is 13.6. The van der Waals surface area contributed by atoms with Gasteiger partial charge in [-0.25, -0.2) is 10.1 Å². The van der Waals surface area contributed by atoms with E-state index in [1.165, 1.54) is 16.0 Å². The van der Waals surface area contributed by atoms with Gasteiger partial charge < -0.3 is 5.73 Å². The van der Waals surface area contributed by atoms with Gasteiger partial charge in [0.25, 0.3) is 5.91 Å². The van der Waals surface area contributed by atoms with Crippen molar-refractivity contribution in [3.05, 3.63) is 59.1 Å². The van der Waals surface area contributed by atoms with Gasteiger partial charge in [-0.05, 0) is 34.2 Å². The molecule has 1 aromatic carbocycles. The first-order valence-corrected chi connectivity index (χ1v) is 9.01. The number of rotatable bonds is 5. The van der Waals surface area contributed by atoms with E-state index in [1.54, 1.807) is 6.92 Å². The van der Waals surface area contributed by atoms with Crippen LogP contribution in [-0.2, 0) is 0 Å². The van der Waals surface area contributed by atoms with Crippen molar-refractivity contribution in [2.45, 2.75) is 6.92 Å². The third-order valence-corrected chi connectivity index (χ3v) is 4.73. The van der Waals surface area contributed by atoms with Crippen LogP contribution in [0.5, 0.6) is 0 Å². The van der Waals surface area contributed by atoms with Crippen LogP contribution in [0.1, 0.15) is 23.0 Å². The lowest BCUT2D eigenvalue weighted by Crippen LogP contribution is -2.20. The number of hydrazone groups is 1. The van der Waals surface area contributed by atoms with Crippen LogP contribution < -0.4 is 11.2 Å². The Kier molecular flexibility index (Phi) is 4.64. The number of nitrogens with one attached hydrogen (secondary N) is 1. The van der Waals surface area contributed by atoms with E-state index in [4.69, 9.17) is 5.73 Å². The number of benzene rings is 1. The minimum Gasteiger partial charge on any atom is -0.378 e. The van der Waals surface area contributed by atoms with Gasteiger partial charge in [-0.2, -0.15) is 9.78 Å². The van der Waals surface area contributed by atoms with E-state index in [0.29, 0.717) is 11.4 Å². The fraction of sp³-hybridized carbons (Fsp3) is 0.0588. The predicted octanol–water partition coefficient (Wildman–Crippen LogP) is 2.11. The number of amides is 1. The number of nitrogen functional groups attached to an aromatic ring is 1. The predicted molar refractivity (Wildman–Crippen MR) is 103 cm³/mol. The molecule has 1 amide bonds. The highest BCUT2D eigenvalue weighted by Crippen LogP contribution is 2.29. The number of carbonyl (C=O) groups excluding carboxylic acids is 1. The zero-order valence-electron chi connectivity index (χ0n) is 14.6. The van der Waals surface area contributed by atoms with E-state index in [1.807, 2.05) is 47.8 Å². The standard InChI is InChI=1S/C17H14N8O2S/c1-10(11-6-3-2-4-7-11)19-21-17(26)13-14(12-8-5-9-28-12)25(24-20-13)16-15(18)22-27-23-16/h2-9H,1H3,(H2,18,22)(H,21,26)/b19-10-. The number of thiophene rings is 1. The van der Waals surface area contributed by atoms with Gasteiger partial charge in [0.05, 0.1) is 10.6 Å². The Morgan fingerprint density at radius 2 is 2.04 bits per heavy atom. The monoisotopic (exact) mass is 394 g/mol. The Labute approximate surface area is 162 Å². The summed E-state index contributed by atoms with van der Waals surface area (Å²) in [6, 6.07) is 13.2. The highest BCUT2D eigenvalue weighted by atomic mass is 32.1. The zero-order chi connectivity index (χ0) is 19.5. The summed E-state index contributed by atoms with van der Waals surface area (Å²) in [6.07, 6.45) is 0. The number of hydrogen-bond donors (Lipinski definition) is 2. The topological polar surface area (TPSA) is 137 Å². The summed E-state index contributed by atoms with van der Waals surface area (Å²) in [7, 11) is 0. The molecule has 0 aliphatic heterocycles. The molecule has 3 heterocycles. The molecule has 0 aliphatic carbocycles. The second kappa shape index (κ2) is 7.40. The molecule has 28 heavy (non-hydrogen) atoms. The molecule has 11 heteroatoms. The van der Waals surface area contributed by atoms with Crippen molar-refractivity contribution in [3.8, 4) is 16.4 Å². The van der Waals surface area contributed by atoms with Crippen LogP contribution in [0.15, 0.2) is 57.6 Å². The van der Waals surface area contributed by atoms with Crippen molar-refractivity contribution in [2.75, 3.05) is 5.73 Å². The molecule has 0 bridgehead atoms. The third kappa shape index (κ3) is 3.25. The van der Waals surface area contributed by atoms with Crippen LogP contribution in [0.3, 0.4) is 0 Å². The highest BCUT2D eigenvalue weighted by molar-refractivity contribution is 7.13. The summed E-state index contributed by atoms with van der Waals surface area (Å²) >= 11 is 1.41. The number of carbonyl (C=O) groups is 1. The molecule has 0 aliphatic rings. The fourth-order valence-corrected chi connectivity index (χ4v) is 3.24. The number of anilines is 1. The quantitative estimate of drug-likeness (QED) is 0.390. The van der Waals surface area contributed by atoms with Crippen molar-refractivity contribution < 1.29 is 9.42 Å². The number of nitrogens with two attached hydrogens (primary N) is 1. The molecule has 0 saturated carbocycles. The van der Waals surface area contributed by atoms with Gasteiger partial charge in [-0.1, -0.05) is 41.6 Å². The van der Waals surface area contributed by atoms with Crippen LogP contribution >= 0.6 is 11.3 Å². The summed E-state index contributed by atoms with van der Waals surface area (Å²) in [5, 5.41) is 21.3. The maximum atomic E-state index is 12.7. The average molecular weight is 394 g/mol. The Balaban J connectivity index is 1.69. The minimum atomic E-state index is -0.514. The normalized spacial score (nSPS) is 11.5. The maximum Gasteiger partial charge on any atom is 0.294 e. The van der Waals surface area contributed by atoms with Gasteiger partial charge in [-0.15, -0.1) is 16.4 Å². The lowest BCUT2D eigenvalue weighted by Gasteiger charge is -2.04. The van der Waals surface area contributed by atoms with Crippen molar-refractivity contribution in [2.24, 2.45) is 5.10 Å². The molecule has 3 aromatic heterocycles. The van der Waals surface area contributed by atoms with E-state index in [0.717, 1.165) is 10.4 Å². The molecule has 0 saturated heterocycles. The number of hydrogen-bond acceptors (Lipinski definition) is 9. The Morgan fingerprint density at radius 3 is 2.71 bits per heavy atom. The van der Waals surface area contributed by atoms with Crippen molar-refractivity contribution in [1.82, 2.24) is 30.7 Å². The smallest absolute Gasteiger partial charge is 0.294 e. The van der Waals surface area contributed by atoms with Gasteiger partial charge in [0.2, 0.25) is 11.6 Å². The average Bonchev–Trinajstić information content (AvgIpc) is 3.46. The van der Waals surface area contributed by atoms with E-state index in [2.05, 4.69) is 35.8 Å². The lowest BCUT2D eigenvalue weighted by atomic mass is 10.1. The molecular weight excluding hydrogens is 380 g/mol. The summed E-state index contributed by atoms with van der Waals surface area (Å²) in [5.74, 6) is -0.327. The summed E-state index contributed by atoms with van der Waals surface area (Å²) in [4.78, 5) is 13.5. The first-order valence-electron chi connectivity index (χ1n) is 8.13. The fourth-order valence-electron chi connectivity index (χ4n) is 2.49. The molecule has 0 spiro atoms. The zero-order valence-corrected chi connectivity index (χ0v) is 15.4. The Bertz CT molecular complexity index is 1130. The highest BCUT2D eigenvalue weighted by Gasteiger charge is 2.25. The molecule has 4 rings (SSSR count). The summed E-state index contributed by atoms with van der Waals surface area (Å²) < 4.78 is 5.96. The van der Waals surface area contributed by atoms with Crippen LogP contribution in [0.2, 0.25) is 0 Å². The van der Waals surface area contributed by atoms with Crippen molar-refractivity contribution in [1.29, 1.82) is 0 Å². The van der Waals surface area contributed by atoms with Crippen LogP contribution in [0.25, 0.3) is 16.4 Å². The third-order valence-electron chi connectivity index (χ3n) is 3.85. The minimum absolute atomic E-state index is 0.0348. The lowest BCUT2D eigenvalue weighted by molar-refractivity contribution is 0.0950. The second-order valence-electron chi connectivity index (χ2n) is 5.65. The van der Waals surface area contributed by atoms with Crippen molar-refractivity contribution >= 4 is 28.8 Å². The van der Waals surface area contributed by atoms with Gasteiger partial charge >= 0.3 is 0 Å². The van der Waals surface area contributed by atoms with E-state index < -0.39 is 5.91 Å². The molecular formula is C17H14N8O2S.